The number of hydrogen-bond acceptors (Lipinski definition) is 4. The fraction of sp³-hybridized carbons (Fsp3) is 0.400. The first-order valence-electron chi connectivity index (χ1n) is 5.05. The number of pyridine rings is 1. The van der Waals surface area contributed by atoms with E-state index in [1.165, 1.54) is 6.20 Å². The van der Waals surface area contributed by atoms with E-state index in [0.717, 1.165) is 13.1 Å². The van der Waals surface area contributed by atoms with Gasteiger partial charge in [0.25, 0.3) is 0 Å². The number of nitrogens with zero attached hydrogens (tertiary/aromatic N) is 2. The van der Waals surface area contributed by atoms with Gasteiger partial charge in [-0.3, -0.25) is 0 Å². The summed E-state index contributed by atoms with van der Waals surface area (Å²) in [5.41, 5.74) is 0. The summed E-state index contributed by atoms with van der Waals surface area (Å²) >= 11 is 5.63. The predicted octanol–water partition coefficient (Wildman–Crippen LogP) is 1.14. The molecule has 0 aliphatic carbocycles. The Balaban J connectivity index is 1.93. The first kappa shape index (κ1) is 11.2. The maximum atomic E-state index is 11.7. The van der Waals surface area contributed by atoms with E-state index >= 15 is 0 Å². The number of nitrogens with one attached hydrogen (secondary N) is 1. The molecule has 86 valence electrons. The van der Waals surface area contributed by atoms with E-state index in [4.69, 9.17) is 16.3 Å². The third-order valence-corrected chi connectivity index (χ3v) is 2.50. The van der Waals surface area contributed by atoms with Gasteiger partial charge in [-0.25, -0.2) is 9.78 Å². The van der Waals surface area contributed by atoms with Crippen LogP contribution in [0.4, 0.5) is 4.79 Å². The SMILES string of the molecule is O=C(Oc1ccc(Cl)nc1)N1CCNCC1. The number of carbonyl (C=O) groups excluding carboxylic acids is 1. The third kappa shape index (κ3) is 2.84. The average molecular weight is 242 g/mol. The number of halogens is 1. The number of carbonyl (C=O) groups is 1. The Morgan fingerprint density at radius 2 is 2.19 bits per heavy atom. The van der Waals surface area contributed by atoms with Gasteiger partial charge >= 0.3 is 6.09 Å². The van der Waals surface area contributed by atoms with E-state index in [1.807, 2.05) is 0 Å². The third-order valence-electron chi connectivity index (χ3n) is 2.28. The molecule has 0 atom stereocenters. The number of rotatable bonds is 1. The normalized spacial score (nSPS) is 15.9. The first-order valence-corrected chi connectivity index (χ1v) is 5.42. The second-order valence-corrected chi connectivity index (χ2v) is 3.81. The van der Waals surface area contributed by atoms with Gasteiger partial charge in [-0.05, 0) is 12.1 Å². The van der Waals surface area contributed by atoms with Crippen molar-refractivity contribution in [3.63, 3.8) is 0 Å². The minimum atomic E-state index is -0.342. The lowest BCUT2D eigenvalue weighted by Crippen LogP contribution is -2.47. The molecule has 2 heterocycles. The van der Waals surface area contributed by atoms with E-state index in [9.17, 15) is 4.79 Å². The molecule has 1 aliphatic rings. The highest BCUT2D eigenvalue weighted by atomic mass is 35.5. The van der Waals surface area contributed by atoms with Gasteiger partial charge in [0.1, 0.15) is 5.15 Å². The summed E-state index contributed by atoms with van der Waals surface area (Å²) in [5, 5.41) is 3.54. The van der Waals surface area contributed by atoms with Crippen molar-refractivity contribution < 1.29 is 9.53 Å². The van der Waals surface area contributed by atoms with Crippen molar-refractivity contribution in [3.05, 3.63) is 23.5 Å². The Hall–Kier alpha value is -1.33. The number of piperazine rings is 1. The molecule has 1 fully saturated rings. The largest absolute Gasteiger partial charge is 0.415 e. The fourth-order valence-corrected chi connectivity index (χ4v) is 1.55. The molecule has 1 N–H and O–H groups in total. The highest BCUT2D eigenvalue weighted by Crippen LogP contribution is 2.13. The number of hydrogen-bond donors (Lipinski definition) is 1. The summed E-state index contributed by atoms with van der Waals surface area (Å²) < 4.78 is 5.15. The summed E-state index contributed by atoms with van der Waals surface area (Å²) in [6.07, 6.45) is 1.09. The monoisotopic (exact) mass is 241 g/mol. The van der Waals surface area contributed by atoms with E-state index < -0.39 is 0 Å². The van der Waals surface area contributed by atoms with Gasteiger partial charge in [-0.1, -0.05) is 11.6 Å². The molecule has 0 spiro atoms. The van der Waals surface area contributed by atoms with Crippen molar-refractivity contribution in [2.45, 2.75) is 0 Å². The van der Waals surface area contributed by atoms with E-state index in [1.54, 1.807) is 17.0 Å². The lowest BCUT2D eigenvalue weighted by atomic mass is 10.4. The Bertz CT molecular complexity index is 363. The van der Waals surface area contributed by atoms with E-state index in [-0.39, 0.29) is 6.09 Å². The number of aromatic nitrogens is 1. The van der Waals surface area contributed by atoms with Crippen molar-refractivity contribution in [1.82, 2.24) is 15.2 Å². The lowest BCUT2D eigenvalue weighted by Gasteiger charge is -2.26. The van der Waals surface area contributed by atoms with Crippen LogP contribution >= 0.6 is 11.6 Å². The fourth-order valence-electron chi connectivity index (χ4n) is 1.44. The summed E-state index contributed by atoms with van der Waals surface area (Å²) in [4.78, 5) is 17.2. The van der Waals surface area contributed by atoms with Crippen LogP contribution in [0.5, 0.6) is 5.75 Å². The molecular formula is C10H12ClN3O2. The second kappa shape index (κ2) is 5.14. The Labute approximate surface area is 98.4 Å². The summed E-state index contributed by atoms with van der Waals surface area (Å²) in [7, 11) is 0. The van der Waals surface area contributed by atoms with Gasteiger partial charge in [0.15, 0.2) is 5.75 Å². The zero-order valence-corrected chi connectivity index (χ0v) is 9.41. The van der Waals surface area contributed by atoms with Crippen LogP contribution in [0.2, 0.25) is 5.15 Å². The van der Waals surface area contributed by atoms with Gasteiger partial charge in [-0.2, -0.15) is 0 Å². The van der Waals surface area contributed by atoms with Crippen molar-refractivity contribution >= 4 is 17.7 Å². The van der Waals surface area contributed by atoms with Crippen LogP contribution < -0.4 is 10.1 Å². The molecule has 0 bridgehead atoms. The van der Waals surface area contributed by atoms with Gasteiger partial charge in [0, 0.05) is 26.2 Å². The van der Waals surface area contributed by atoms with Crippen LogP contribution in [0.15, 0.2) is 18.3 Å². The van der Waals surface area contributed by atoms with Gasteiger partial charge in [0.2, 0.25) is 0 Å². The Morgan fingerprint density at radius 1 is 1.44 bits per heavy atom. The van der Waals surface area contributed by atoms with Crippen molar-refractivity contribution in [3.8, 4) is 5.75 Å². The van der Waals surface area contributed by atoms with Crippen LogP contribution in [-0.2, 0) is 0 Å². The van der Waals surface area contributed by atoms with Crippen LogP contribution in [0.3, 0.4) is 0 Å². The summed E-state index contributed by atoms with van der Waals surface area (Å²) in [6, 6.07) is 3.21. The Kier molecular flexibility index (Phi) is 3.58. The zero-order chi connectivity index (χ0) is 11.4. The lowest BCUT2D eigenvalue weighted by molar-refractivity contribution is 0.145. The predicted molar refractivity (Wildman–Crippen MR) is 59.7 cm³/mol. The molecule has 0 saturated carbocycles. The molecule has 1 aromatic heterocycles. The quantitative estimate of drug-likeness (QED) is 0.750. The van der Waals surface area contributed by atoms with Gasteiger partial charge < -0.3 is 15.0 Å². The number of ether oxygens (including phenoxy) is 1. The van der Waals surface area contributed by atoms with Gasteiger partial charge in [-0.15, -0.1) is 0 Å². The summed E-state index contributed by atoms with van der Waals surface area (Å²) in [6.45, 7) is 2.93. The van der Waals surface area contributed by atoms with Crippen molar-refractivity contribution in [2.75, 3.05) is 26.2 Å². The molecule has 1 amide bonds. The van der Waals surface area contributed by atoms with Crippen LogP contribution in [0.25, 0.3) is 0 Å². The highest BCUT2D eigenvalue weighted by molar-refractivity contribution is 6.29. The molecule has 16 heavy (non-hydrogen) atoms. The molecule has 1 aromatic rings. The standard InChI is InChI=1S/C10H12ClN3O2/c11-9-2-1-8(7-13-9)16-10(15)14-5-3-12-4-6-14/h1-2,7,12H,3-6H2. The molecule has 0 unspecified atom stereocenters. The molecule has 2 rings (SSSR count). The van der Waals surface area contributed by atoms with E-state index in [2.05, 4.69) is 10.3 Å². The Morgan fingerprint density at radius 3 is 2.81 bits per heavy atom. The average Bonchev–Trinajstić information content (AvgIpc) is 2.33. The molecule has 1 aliphatic heterocycles. The molecule has 0 radical (unpaired) electrons. The van der Waals surface area contributed by atoms with Crippen molar-refractivity contribution in [1.29, 1.82) is 0 Å². The van der Waals surface area contributed by atoms with Crippen LogP contribution in [-0.4, -0.2) is 42.2 Å². The molecule has 0 aromatic carbocycles. The number of amides is 1. The van der Waals surface area contributed by atoms with Crippen LogP contribution in [0, 0.1) is 0 Å². The zero-order valence-electron chi connectivity index (χ0n) is 8.65. The maximum Gasteiger partial charge on any atom is 0.415 e. The van der Waals surface area contributed by atoms with E-state index in [0.29, 0.717) is 24.0 Å². The molecular weight excluding hydrogens is 230 g/mol. The first-order chi connectivity index (χ1) is 7.75. The minimum absolute atomic E-state index is 0.342. The molecule has 5 nitrogen and oxygen atoms in total. The summed E-state index contributed by atoms with van der Waals surface area (Å²) in [5.74, 6) is 0.410. The maximum absolute atomic E-state index is 11.7. The highest BCUT2D eigenvalue weighted by Gasteiger charge is 2.17. The van der Waals surface area contributed by atoms with Crippen molar-refractivity contribution in [2.24, 2.45) is 0 Å². The molecule has 1 saturated heterocycles. The van der Waals surface area contributed by atoms with Crippen LogP contribution in [0.1, 0.15) is 0 Å². The second-order valence-electron chi connectivity index (χ2n) is 3.42. The smallest absolute Gasteiger partial charge is 0.409 e. The van der Waals surface area contributed by atoms with Gasteiger partial charge in [0.05, 0.1) is 6.20 Å². The minimum Gasteiger partial charge on any atom is -0.409 e. The topological polar surface area (TPSA) is 54.5 Å². The molecule has 6 heteroatoms.